The van der Waals surface area contributed by atoms with Crippen LogP contribution < -0.4 is 0 Å². The fourth-order valence-electron chi connectivity index (χ4n) is 1.68. The highest BCUT2D eigenvalue weighted by atomic mass is 127. The normalized spacial score (nSPS) is 30.2. The van der Waals surface area contributed by atoms with Crippen molar-refractivity contribution >= 4 is 28.8 Å². The van der Waals surface area contributed by atoms with Gasteiger partial charge in [-0.25, -0.2) is 3.11 Å². The quantitative estimate of drug-likeness (QED) is 0.539. The minimum Gasteiger partial charge on any atom is -0.349 e. The van der Waals surface area contributed by atoms with Gasteiger partial charge in [-0.1, -0.05) is 6.92 Å². The summed E-state index contributed by atoms with van der Waals surface area (Å²) in [4.78, 5) is 13.5. The molecule has 13 heavy (non-hydrogen) atoms. The van der Waals surface area contributed by atoms with Crippen molar-refractivity contribution in [3.63, 3.8) is 0 Å². The standard InChI is InChI=1S/C9H17IN2O/c1-7-4-5-12(10)6-8(7)9(13)11(2)3/h7-8H,4-6H2,1-3H3. The molecule has 0 aromatic carbocycles. The number of hydrogen-bond acceptors (Lipinski definition) is 2. The van der Waals surface area contributed by atoms with Gasteiger partial charge in [0.15, 0.2) is 0 Å². The van der Waals surface area contributed by atoms with Crippen molar-refractivity contribution in [1.29, 1.82) is 0 Å². The van der Waals surface area contributed by atoms with E-state index in [1.807, 2.05) is 14.1 Å². The summed E-state index contributed by atoms with van der Waals surface area (Å²) in [5, 5.41) is 0. The van der Waals surface area contributed by atoms with Gasteiger partial charge < -0.3 is 4.90 Å². The van der Waals surface area contributed by atoms with Crippen LogP contribution in [-0.4, -0.2) is 41.1 Å². The van der Waals surface area contributed by atoms with Crippen molar-refractivity contribution in [2.45, 2.75) is 13.3 Å². The Hall–Kier alpha value is 0.160. The Morgan fingerprint density at radius 3 is 2.69 bits per heavy atom. The minimum absolute atomic E-state index is 0.195. The molecule has 0 spiro atoms. The van der Waals surface area contributed by atoms with Crippen LogP contribution in [-0.2, 0) is 4.79 Å². The molecule has 3 nitrogen and oxygen atoms in total. The monoisotopic (exact) mass is 296 g/mol. The molecule has 0 bridgehead atoms. The van der Waals surface area contributed by atoms with Crippen molar-refractivity contribution < 1.29 is 4.79 Å². The van der Waals surface area contributed by atoms with E-state index >= 15 is 0 Å². The maximum atomic E-state index is 11.7. The summed E-state index contributed by atoms with van der Waals surface area (Å²) >= 11 is 2.30. The molecule has 1 heterocycles. The lowest BCUT2D eigenvalue weighted by Gasteiger charge is -2.34. The first-order valence-corrected chi connectivity index (χ1v) is 5.60. The van der Waals surface area contributed by atoms with Gasteiger partial charge in [0, 0.05) is 50.0 Å². The molecular formula is C9H17IN2O. The van der Waals surface area contributed by atoms with Gasteiger partial charge in [-0.15, -0.1) is 0 Å². The third kappa shape index (κ3) is 2.80. The van der Waals surface area contributed by atoms with Crippen molar-refractivity contribution in [3.8, 4) is 0 Å². The Bertz CT molecular complexity index is 196. The maximum Gasteiger partial charge on any atom is 0.226 e. The molecule has 0 aromatic rings. The van der Waals surface area contributed by atoms with Crippen molar-refractivity contribution in [3.05, 3.63) is 0 Å². The van der Waals surface area contributed by atoms with Crippen LogP contribution in [0.4, 0.5) is 0 Å². The summed E-state index contributed by atoms with van der Waals surface area (Å²) in [5.41, 5.74) is 0. The van der Waals surface area contributed by atoms with E-state index < -0.39 is 0 Å². The number of carbonyl (C=O) groups excluding carboxylic acids is 1. The van der Waals surface area contributed by atoms with Crippen LogP contribution in [0.3, 0.4) is 0 Å². The molecule has 1 aliphatic heterocycles. The average molecular weight is 296 g/mol. The number of rotatable bonds is 1. The Labute approximate surface area is 94.0 Å². The number of amides is 1. The molecule has 1 amide bonds. The maximum absolute atomic E-state index is 11.7. The van der Waals surface area contributed by atoms with E-state index in [1.165, 1.54) is 0 Å². The summed E-state index contributed by atoms with van der Waals surface area (Å²) in [6.07, 6.45) is 1.13. The average Bonchev–Trinajstić information content (AvgIpc) is 2.08. The van der Waals surface area contributed by atoms with E-state index in [-0.39, 0.29) is 11.8 Å². The van der Waals surface area contributed by atoms with Crippen LogP contribution in [0.25, 0.3) is 0 Å². The molecule has 76 valence electrons. The molecule has 0 saturated carbocycles. The number of piperidine rings is 1. The molecule has 1 aliphatic rings. The molecule has 1 fully saturated rings. The Kier molecular flexibility index (Phi) is 3.97. The summed E-state index contributed by atoms with van der Waals surface area (Å²) in [5.74, 6) is 0.996. The van der Waals surface area contributed by atoms with Crippen LogP contribution in [0.15, 0.2) is 0 Å². The predicted molar refractivity (Wildman–Crippen MR) is 61.6 cm³/mol. The summed E-state index contributed by atoms with van der Waals surface area (Å²) in [7, 11) is 3.67. The molecule has 1 rings (SSSR count). The molecule has 0 aromatic heterocycles. The van der Waals surface area contributed by atoms with Gasteiger partial charge in [-0.05, 0) is 12.3 Å². The Balaban J connectivity index is 2.60. The largest absolute Gasteiger partial charge is 0.349 e. The van der Waals surface area contributed by atoms with Crippen molar-refractivity contribution in [1.82, 2.24) is 8.01 Å². The first-order chi connectivity index (χ1) is 6.02. The summed E-state index contributed by atoms with van der Waals surface area (Å²) in [6, 6.07) is 0. The molecular weight excluding hydrogens is 279 g/mol. The van der Waals surface area contributed by atoms with Gasteiger partial charge in [0.1, 0.15) is 0 Å². The van der Waals surface area contributed by atoms with E-state index in [0.717, 1.165) is 19.5 Å². The minimum atomic E-state index is 0.195. The van der Waals surface area contributed by atoms with Gasteiger partial charge in [0.25, 0.3) is 0 Å². The molecule has 4 heteroatoms. The highest BCUT2D eigenvalue weighted by molar-refractivity contribution is 14.1. The van der Waals surface area contributed by atoms with E-state index in [0.29, 0.717) is 5.92 Å². The second kappa shape index (κ2) is 4.59. The first-order valence-electron chi connectivity index (χ1n) is 4.64. The van der Waals surface area contributed by atoms with Crippen molar-refractivity contribution in [2.75, 3.05) is 27.2 Å². The van der Waals surface area contributed by atoms with Crippen LogP contribution in [0.5, 0.6) is 0 Å². The van der Waals surface area contributed by atoms with Gasteiger partial charge in [-0.2, -0.15) is 0 Å². The number of carbonyl (C=O) groups is 1. The predicted octanol–water partition coefficient (Wildman–Crippen LogP) is 1.38. The smallest absolute Gasteiger partial charge is 0.226 e. The molecule has 0 N–H and O–H groups in total. The van der Waals surface area contributed by atoms with E-state index in [9.17, 15) is 4.79 Å². The molecule has 0 aliphatic carbocycles. The third-order valence-electron chi connectivity index (χ3n) is 2.67. The Morgan fingerprint density at radius 1 is 1.54 bits per heavy atom. The fourth-order valence-corrected chi connectivity index (χ4v) is 2.39. The van der Waals surface area contributed by atoms with Crippen LogP contribution >= 0.6 is 22.9 Å². The topological polar surface area (TPSA) is 23.6 Å². The lowest BCUT2D eigenvalue weighted by Crippen LogP contribution is -2.43. The van der Waals surface area contributed by atoms with Crippen LogP contribution in [0.2, 0.25) is 0 Å². The van der Waals surface area contributed by atoms with Gasteiger partial charge in [0.05, 0.1) is 5.92 Å². The van der Waals surface area contributed by atoms with Crippen LogP contribution in [0, 0.1) is 11.8 Å². The van der Waals surface area contributed by atoms with Crippen molar-refractivity contribution in [2.24, 2.45) is 11.8 Å². The summed E-state index contributed by atoms with van der Waals surface area (Å²) < 4.78 is 2.21. The highest BCUT2D eigenvalue weighted by Gasteiger charge is 2.31. The zero-order valence-corrected chi connectivity index (χ0v) is 10.6. The fraction of sp³-hybridized carbons (Fsp3) is 0.889. The first kappa shape index (κ1) is 11.2. The van der Waals surface area contributed by atoms with E-state index in [2.05, 4.69) is 32.9 Å². The zero-order valence-electron chi connectivity index (χ0n) is 8.46. The lowest BCUT2D eigenvalue weighted by molar-refractivity contribution is -0.135. The number of halogens is 1. The molecule has 2 unspecified atom stereocenters. The second-order valence-corrected chi connectivity index (χ2v) is 5.34. The van der Waals surface area contributed by atoms with Gasteiger partial charge >= 0.3 is 0 Å². The van der Waals surface area contributed by atoms with Gasteiger partial charge in [0.2, 0.25) is 5.91 Å². The molecule has 0 radical (unpaired) electrons. The van der Waals surface area contributed by atoms with Crippen LogP contribution in [0.1, 0.15) is 13.3 Å². The number of hydrogen-bond donors (Lipinski definition) is 0. The molecule has 1 saturated heterocycles. The van der Waals surface area contributed by atoms with E-state index in [4.69, 9.17) is 0 Å². The van der Waals surface area contributed by atoms with Gasteiger partial charge in [-0.3, -0.25) is 4.79 Å². The van der Waals surface area contributed by atoms with E-state index in [1.54, 1.807) is 4.90 Å². The molecule has 2 atom stereocenters. The highest BCUT2D eigenvalue weighted by Crippen LogP contribution is 2.26. The summed E-state index contributed by atoms with van der Waals surface area (Å²) in [6.45, 7) is 4.19. The third-order valence-corrected chi connectivity index (χ3v) is 3.54. The SMILES string of the molecule is CC1CCN(I)CC1C(=O)N(C)C. The zero-order chi connectivity index (χ0) is 10.0. The second-order valence-electron chi connectivity index (χ2n) is 3.97. The lowest BCUT2D eigenvalue weighted by atomic mass is 9.87. The Morgan fingerprint density at radius 2 is 2.15 bits per heavy atom. The number of nitrogens with zero attached hydrogens (tertiary/aromatic N) is 2.